The van der Waals surface area contributed by atoms with Gasteiger partial charge in [0.05, 0.1) is 10.1 Å². The van der Waals surface area contributed by atoms with Crippen LogP contribution in [0.2, 0.25) is 0 Å². The van der Waals surface area contributed by atoms with Crippen LogP contribution in [0.5, 0.6) is 0 Å². The highest BCUT2D eigenvalue weighted by Crippen LogP contribution is 2.26. The Hall–Kier alpha value is -0.870. The second-order valence-electron chi connectivity index (χ2n) is 4.86. The smallest absolute Gasteiger partial charge is 0.182 e. The molecule has 1 rings (SSSR count). The zero-order valence-electron chi connectivity index (χ0n) is 11.9. The van der Waals surface area contributed by atoms with Crippen molar-refractivity contribution < 1.29 is 8.42 Å². The molecular weight excluding hydrogens is 246 g/mol. The van der Waals surface area contributed by atoms with Gasteiger partial charge >= 0.3 is 0 Å². The number of benzene rings is 1. The summed E-state index contributed by atoms with van der Waals surface area (Å²) < 4.78 is 25.3. The number of sulfone groups is 1. The van der Waals surface area contributed by atoms with Crippen LogP contribution in [0.1, 0.15) is 30.0 Å². The van der Waals surface area contributed by atoms with Gasteiger partial charge in [0, 0.05) is 6.54 Å². The standard InChI is InChI=1S/C14H23NO2S/c1-6-13(9-15-5)18(16,17)14-11(3)7-10(2)8-12(14)4/h7-8,13,15H,6,9H2,1-5H3. The normalized spacial score (nSPS) is 13.6. The minimum atomic E-state index is -3.25. The Morgan fingerprint density at radius 1 is 1.17 bits per heavy atom. The Morgan fingerprint density at radius 3 is 2.06 bits per heavy atom. The largest absolute Gasteiger partial charge is 0.318 e. The highest BCUT2D eigenvalue weighted by Gasteiger charge is 2.28. The average molecular weight is 269 g/mol. The summed E-state index contributed by atoms with van der Waals surface area (Å²) in [4.78, 5) is 0.509. The SMILES string of the molecule is CCC(CNC)S(=O)(=O)c1c(C)cc(C)cc1C. The molecule has 0 heterocycles. The lowest BCUT2D eigenvalue weighted by molar-refractivity contribution is 0.566. The maximum atomic E-state index is 12.7. The number of hydrogen-bond donors (Lipinski definition) is 1. The maximum absolute atomic E-state index is 12.7. The predicted molar refractivity (Wildman–Crippen MR) is 75.8 cm³/mol. The molecule has 0 aliphatic rings. The van der Waals surface area contributed by atoms with E-state index in [0.717, 1.165) is 16.7 Å². The Labute approximate surface area is 111 Å². The molecule has 0 saturated carbocycles. The van der Waals surface area contributed by atoms with E-state index in [9.17, 15) is 8.42 Å². The summed E-state index contributed by atoms with van der Waals surface area (Å²) in [5.74, 6) is 0. The zero-order valence-corrected chi connectivity index (χ0v) is 12.7. The molecular formula is C14H23NO2S. The highest BCUT2D eigenvalue weighted by atomic mass is 32.2. The summed E-state index contributed by atoms with van der Waals surface area (Å²) in [7, 11) is -1.47. The summed E-state index contributed by atoms with van der Waals surface area (Å²) in [6.45, 7) is 8.14. The van der Waals surface area contributed by atoms with Crippen LogP contribution in [0.15, 0.2) is 17.0 Å². The first-order valence-electron chi connectivity index (χ1n) is 6.31. The van der Waals surface area contributed by atoms with Crippen molar-refractivity contribution in [3.8, 4) is 0 Å². The van der Waals surface area contributed by atoms with Crippen LogP contribution < -0.4 is 5.32 Å². The number of rotatable bonds is 5. The van der Waals surface area contributed by atoms with Crippen LogP contribution in [0.4, 0.5) is 0 Å². The molecule has 0 aliphatic carbocycles. The van der Waals surface area contributed by atoms with Crippen molar-refractivity contribution in [3.05, 3.63) is 28.8 Å². The minimum absolute atomic E-state index is 0.359. The third kappa shape index (κ3) is 2.93. The van der Waals surface area contributed by atoms with Crippen molar-refractivity contribution in [3.63, 3.8) is 0 Å². The molecule has 0 aliphatic heterocycles. The Bertz CT molecular complexity index is 498. The van der Waals surface area contributed by atoms with Crippen LogP contribution in [0.25, 0.3) is 0 Å². The van der Waals surface area contributed by atoms with E-state index < -0.39 is 9.84 Å². The van der Waals surface area contributed by atoms with Crippen LogP contribution in [-0.4, -0.2) is 27.3 Å². The van der Waals surface area contributed by atoms with E-state index in [2.05, 4.69) is 5.32 Å². The first-order valence-corrected chi connectivity index (χ1v) is 7.85. The van der Waals surface area contributed by atoms with Crippen LogP contribution in [0, 0.1) is 20.8 Å². The molecule has 102 valence electrons. The van der Waals surface area contributed by atoms with Gasteiger partial charge in [0.25, 0.3) is 0 Å². The molecule has 0 spiro atoms. The summed E-state index contributed by atoms with van der Waals surface area (Å²) in [5.41, 5.74) is 2.80. The van der Waals surface area contributed by atoms with Crippen LogP contribution in [-0.2, 0) is 9.84 Å². The molecule has 0 bridgehead atoms. The van der Waals surface area contributed by atoms with Crippen LogP contribution in [0.3, 0.4) is 0 Å². The van der Waals surface area contributed by atoms with Crippen molar-refractivity contribution in [2.45, 2.75) is 44.3 Å². The Balaban J connectivity index is 3.36. The fraction of sp³-hybridized carbons (Fsp3) is 0.571. The average Bonchev–Trinajstić information content (AvgIpc) is 2.23. The van der Waals surface area contributed by atoms with Gasteiger partial charge in [-0.3, -0.25) is 0 Å². The first kappa shape index (κ1) is 15.2. The van der Waals surface area contributed by atoms with Crippen molar-refractivity contribution in [2.24, 2.45) is 0 Å². The fourth-order valence-electron chi connectivity index (χ4n) is 2.48. The van der Waals surface area contributed by atoms with E-state index in [1.165, 1.54) is 0 Å². The lowest BCUT2D eigenvalue weighted by atomic mass is 10.1. The fourth-order valence-corrected chi connectivity index (χ4v) is 4.66. The summed E-state index contributed by atoms with van der Waals surface area (Å²) in [6.07, 6.45) is 0.621. The molecule has 1 unspecified atom stereocenters. The van der Waals surface area contributed by atoms with Gasteiger partial charge in [-0.25, -0.2) is 8.42 Å². The van der Waals surface area contributed by atoms with Crippen molar-refractivity contribution in [1.29, 1.82) is 0 Å². The quantitative estimate of drug-likeness (QED) is 0.892. The van der Waals surface area contributed by atoms with Gasteiger partial charge in [0.15, 0.2) is 9.84 Å². The van der Waals surface area contributed by atoms with E-state index >= 15 is 0 Å². The molecule has 0 radical (unpaired) electrons. The lowest BCUT2D eigenvalue weighted by Gasteiger charge is -2.19. The van der Waals surface area contributed by atoms with Crippen molar-refractivity contribution in [1.82, 2.24) is 5.32 Å². The summed E-state index contributed by atoms with van der Waals surface area (Å²) in [6, 6.07) is 3.87. The maximum Gasteiger partial charge on any atom is 0.182 e. The first-order chi connectivity index (χ1) is 8.34. The van der Waals surface area contributed by atoms with Gasteiger partial charge in [-0.15, -0.1) is 0 Å². The minimum Gasteiger partial charge on any atom is -0.318 e. The second kappa shape index (κ2) is 5.85. The van der Waals surface area contributed by atoms with E-state index in [1.54, 1.807) is 7.05 Å². The molecule has 1 N–H and O–H groups in total. The van der Waals surface area contributed by atoms with E-state index in [0.29, 0.717) is 17.9 Å². The summed E-state index contributed by atoms with van der Waals surface area (Å²) in [5, 5.41) is 2.61. The Morgan fingerprint density at radius 2 is 1.67 bits per heavy atom. The molecule has 0 fully saturated rings. The van der Waals surface area contributed by atoms with Gasteiger partial charge in [-0.1, -0.05) is 24.6 Å². The van der Waals surface area contributed by atoms with Crippen LogP contribution >= 0.6 is 0 Å². The highest BCUT2D eigenvalue weighted by molar-refractivity contribution is 7.92. The molecule has 0 aromatic heterocycles. The zero-order chi connectivity index (χ0) is 13.9. The second-order valence-corrected chi connectivity index (χ2v) is 7.03. The predicted octanol–water partition coefficient (Wildman–Crippen LogP) is 2.38. The third-order valence-electron chi connectivity index (χ3n) is 3.22. The summed E-state index contributed by atoms with van der Waals surface area (Å²) >= 11 is 0. The molecule has 0 saturated heterocycles. The Kier molecular flexibility index (Phi) is 4.93. The number of nitrogens with one attached hydrogen (secondary N) is 1. The molecule has 4 heteroatoms. The van der Waals surface area contributed by atoms with E-state index in [1.807, 2.05) is 39.8 Å². The molecule has 3 nitrogen and oxygen atoms in total. The number of aryl methyl sites for hydroxylation is 3. The van der Waals surface area contributed by atoms with Gasteiger partial charge < -0.3 is 5.32 Å². The monoisotopic (exact) mass is 269 g/mol. The molecule has 18 heavy (non-hydrogen) atoms. The van der Waals surface area contributed by atoms with E-state index in [4.69, 9.17) is 0 Å². The van der Waals surface area contributed by atoms with Crippen molar-refractivity contribution >= 4 is 9.84 Å². The van der Waals surface area contributed by atoms with Gasteiger partial charge in [0.1, 0.15) is 0 Å². The van der Waals surface area contributed by atoms with Gasteiger partial charge in [-0.2, -0.15) is 0 Å². The van der Waals surface area contributed by atoms with E-state index in [-0.39, 0.29) is 5.25 Å². The topological polar surface area (TPSA) is 46.2 Å². The lowest BCUT2D eigenvalue weighted by Crippen LogP contribution is -2.32. The molecule has 0 amide bonds. The molecule has 1 atom stereocenters. The van der Waals surface area contributed by atoms with Gasteiger partial charge in [0.2, 0.25) is 0 Å². The van der Waals surface area contributed by atoms with Gasteiger partial charge in [-0.05, 0) is 45.4 Å². The third-order valence-corrected chi connectivity index (χ3v) is 5.81. The molecule has 1 aromatic rings. The van der Waals surface area contributed by atoms with Crippen molar-refractivity contribution in [2.75, 3.05) is 13.6 Å². The molecule has 1 aromatic carbocycles. The number of hydrogen-bond acceptors (Lipinski definition) is 3.